The van der Waals surface area contributed by atoms with Crippen LogP contribution in [0.4, 0.5) is 8.78 Å². The fourth-order valence-corrected chi connectivity index (χ4v) is 7.03. The van der Waals surface area contributed by atoms with Crippen molar-refractivity contribution in [2.75, 3.05) is 26.2 Å². The predicted octanol–water partition coefficient (Wildman–Crippen LogP) is 3.21. The van der Waals surface area contributed by atoms with Gasteiger partial charge in [-0.15, -0.1) is 11.3 Å². The molecule has 2 fully saturated rings. The lowest BCUT2D eigenvalue weighted by atomic mass is 9.97. The summed E-state index contributed by atoms with van der Waals surface area (Å²) < 4.78 is 53.8. The fraction of sp³-hybridized carbons (Fsp3) is 0.500. The summed E-state index contributed by atoms with van der Waals surface area (Å²) in [5.41, 5.74) is 0.723. The number of halogens is 2. The highest BCUT2D eigenvalue weighted by atomic mass is 32.2. The number of carbonyl (C=O) groups excluding carboxylic acids is 1. The van der Waals surface area contributed by atoms with Gasteiger partial charge in [-0.05, 0) is 54.8 Å². The number of likely N-dealkylation sites (tertiary alicyclic amines) is 1. The van der Waals surface area contributed by atoms with Crippen LogP contribution in [-0.4, -0.2) is 55.8 Å². The van der Waals surface area contributed by atoms with Crippen molar-refractivity contribution in [2.24, 2.45) is 5.92 Å². The van der Waals surface area contributed by atoms with Crippen molar-refractivity contribution in [3.05, 3.63) is 52.9 Å². The number of amides is 1. The summed E-state index contributed by atoms with van der Waals surface area (Å²) in [6, 6.07) is 7.30. The first-order valence-corrected chi connectivity index (χ1v) is 13.2. The molecule has 1 N–H and O–H groups in total. The Morgan fingerprint density at radius 3 is 2.56 bits per heavy atom. The molecule has 2 aromatic rings. The van der Waals surface area contributed by atoms with Gasteiger partial charge in [-0.1, -0.05) is 12.1 Å². The monoisotopic (exact) mass is 483 g/mol. The molecule has 2 aliphatic heterocycles. The third-order valence-corrected chi connectivity index (χ3v) is 9.41. The molecule has 2 saturated heterocycles. The number of nitrogens with zero attached hydrogens (tertiary/aromatic N) is 2. The summed E-state index contributed by atoms with van der Waals surface area (Å²) >= 11 is 1.19. The standard InChI is InChI=1S/C22H27F2N3O3S2/c23-19-6-5-16(13-20(19)24)14-26-10-7-18(8-11-26)25-22(28)17-3-1-9-27(15-17)32(29,30)21-4-2-12-31-21/h2,4-6,12-13,17-18H,1,3,7-11,14-15H2,(H,25,28). The average molecular weight is 484 g/mol. The third kappa shape index (κ3) is 5.36. The van der Waals surface area contributed by atoms with Crippen LogP contribution in [0.15, 0.2) is 39.9 Å². The molecule has 1 aromatic heterocycles. The highest BCUT2D eigenvalue weighted by Gasteiger charge is 2.34. The van der Waals surface area contributed by atoms with Gasteiger partial charge in [0.1, 0.15) is 4.21 Å². The highest BCUT2D eigenvalue weighted by molar-refractivity contribution is 7.91. The van der Waals surface area contributed by atoms with E-state index in [2.05, 4.69) is 10.2 Å². The lowest BCUT2D eigenvalue weighted by molar-refractivity contribution is -0.127. The molecule has 2 aliphatic rings. The van der Waals surface area contributed by atoms with Crippen molar-refractivity contribution >= 4 is 27.3 Å². The fourth-order valence-electron chi connectivity index (χ4n) is 4.36. The number of rotatable bonds is 6. The number of sulfonamides is 1. The largest absolute Gasteiger partial charge is 0.353 e. The van der Waals surface area contributed by atoms with E-state index in [0.717, 1.165) is 37.6 Å². The van der Waals surface area contributed by atoms with Crippen LogP contribution >= 0.6 is 11.3 Å². The van der Waals surface area contributed by atoms with Gasteiger partial charge in [0, 0.05) is 38.8 Å². The van der Waals surface area contributed by atoms with E-state index in [1.807, 2.05) is 0 Å². The van der Waals surface area contributed by atoms with Crippen LogP contribution in [0.25, 0.3) is 0 Å². The molecule has 174 valence electrons. The second-order valence-corrected chi connectivity index (χ2v) is 11.6. The molecule has 6 nitrogen and oxygen atoms in total. The van der Waals surface area contributed by atoms with Crippen LogP contribution in [0.2, 0.25) is 0 Å². The molecule has 3 heterocycles. The van der Waals surface area contributed by atoms with Crippen molar-refractivity contribution in [2.45, 2.75) is 42.5 Å². The number of thiophene rings is 1. The highest BCUT2D eigenvalue weighted by Crippen LogP contribution is 2.27. The van der Waals surface area contributed by atoms with Crippen molar-refractivity contribution in [1.82, 2.24) is 14.5 Å². The predicted molar refractivity (Wildman–Crippen MR) is 119 cm³/mol. The molecule has 0 bridgehead atoms. The van der Waals surface area contributed by atoms with E-state index in [-0.39, 0.29) is 24.4 Å². The maximum atomic E-state index is 13.4. The Kier molecular flexibility index (Phi) is 7.24. The van der Waals surface area contributed by atoms with E-state index in [0.29, 0.717) is 30.1 Å². The van der Waals surface area contributed by atoms with Crippen molar-refractivity contribution in [3.63, 3.8) is 0 Å². The van der Waals surface area contributed by atoms with Gasteiger partial charge in [0.2, 0.25) is 5.91 Å². The topological polar surface area (TPSA) is 69.7 Å². The Morgan fingerprint density at radius 2 is 1.88 bits per heavy atom. The summed E-state index contributed by atoms with van der Waals surface area (Å²) in [4.78, 5) is 15.0. The van der Waals surface area contributed by atoms with Gasteiger partial charge in [0.15, 0.2) is 11.6 Å². The third-order valence-electron chi connectivity index (χ3n) is 6.17. The lowest BCUT2D eigenvalue weighted by Crippen LogP contribution is -2.50. The zero-order valence-corrected chi connectivity index (χ0v) is 19.3. The van der Waals surface area contributed by atoms with Crippen LogP contribution in [0.3, 0.4) is 0 Å². The number of piperidine rings is 2. The molecule has 1 unspecified atom stereocenters. The van der Waals surface area contributed by atoms with E-state index in [4.69, 9.17) is 0 Å². The van der Waals surface area contributed by atoms with Gasteiger partial charge >= 0.3 is 0 Å². The lowest BCUT2D eigenvalue weighted by Gasteiger charge is -2.35. The molecule has 32 heavy (non-hydrogen) atoms. The minimum Gasteiger partial charge on any atom is -0.353 e. The van der Waals surface area contributed by atoms with Gasteiger partial charge < -0.3 is 5.32 Å². The SMILES string of the molecule is O=C(NC1CCN(Cc2ccc(F)c(F)c2)CC1)C1CCCN(S(=O)(=O)c2cccs2)C1. The first-order chi connectivity index (χ1) is 15.3. The minimum atomic E-state index is -3.55. The maximum Gasteiger partial charge on any atom is 0.252 e. The van der Waals surface area contributed by atoms with E-state index >= 15 is 0 Å². The molecule has 1 amide bonds. The summed E-state index contributed by atoms with van der Waals surface area (Å²) in [5, 5.41) is 4.84. The Bertz CT molecular complexity index is 1040. The molecule has 4 rings (SSSR count). The summed E-state index contributed by atoms with van der Waals surface area (Å²) in [7, 11) is -3.55. The molecule has 0 radical (unpaired) electrons. The molecule has 10 heteroatoms. The van der Waals surface area contributed by atoms with E-state index in [1.54, 1.807) is 23.6 Å². The summed E-state index contributed by atoms with van der Waals surface area (Å²) in [5.74, 6) is -2.12. The van der Waals surface area contributed by atoms with E-state index in [1.165, 1.54) is 21.7 Å². The molecular weight excluding hydrogens is 456 g/mol. The first kappa shape index (κ1) is 23.3. The number of hydrogen-bond acceptors (Lipinski definition) is 5. The molecule has 0 aliphatic carbocycles. The van der Waals surface area contributed by atoms with Crippen LogP contribution in [0.1, 0.15) is 31.2 Å². The van der Waals surface area contributed by atoms with Gasteiger partial charge in [0.05, 0.1) is 5.92 Å². The zero-order chi connectivity index (χ0) is 22.7. The Hall–Kier alpha value is -1.88. The van der Waals surface area contributed by atoms with Crippen LogP contribution < -0.4 is 5.32 Å². The van der Waals surface area contributed by atoms with Crippen molar-refractivity contribution < 1.29 is 22.0 Å². The normalized spacial score (nSPS) is 21.5. The minimum absolute atomic E-state index is 0.0352. The molecule has 1 aromatic carbocycles. The van der Waals surface area contributed by atoms with Crippen LogP contribution in [-0.2, 0) is 21.4 Å². The number of hydrogen-bond donors (Lipinski definition) is 1. The second kappa shape index (κ2) is 9.94. The summed E-state index contributed by atoms with van der Waals surface area (Å²) in [6.07, 6.45) is 2.87. The van der Waals surface area contributed by atoms with Gasteiger partial charge in [0.25, 0.3) is 10.0 Å². The Labute approximate surface area is 191 Å². The number of benzene rings is 1. The molecule has 0 spiro atoms. The molecule has 1 atom stereocenters. The number of carbonyl (C=O) groups is 1. The Balaban J connectivity index is 1.27. The van der Waals surface area contributed by atoms with Gasteiger partial charge in [-0.3, -0.25) is 9.69 Å². The zero-order valence-electron chi connectivity index (χ0n) is 17.7. The van der Waals surface area contributed by atoms with Crippen LogP contribution in [0.5, 0.6) is 0 Å². The van der Waals surface area contributed by atoms with Crippen molar-refractivity contribution in [1.29, 1.82) is 0 Å². The molecule has 0 saturated carbocycles. The van der Waals surface area contributed by atoms with E-state index < -0.39 is 21.7 Å². The quantitative estimate of drug-likeness (QED) is 0.685. The second-order valence-electron chi connectivity index (χ2n) is 8.44. The summed E-state index contributed by atoms with van der Waals surface area (Å²) in [6.45, 7) is 2.67. The van der Waals surface area contributed by atoms with Gasteiger partial charge in [-0.2, -0.15) is 4.31 Å². The first-order valence-electron chi connectivity index (χ1n) is 10.8. The number of nitrogens with one attached hydrogen (secondary N) is 1. The maximum absolute atomic E-state index is 13.4. The van der Waals surface area contributed by atoms with Crippen molar-refractivity contribution in [3.8, 4) is 0 Å². The van der Waals surface area contributed by atoms with Gasteiger partial charge in [-0.25, -0.2) is 17.2 Å². The smallest absolute Gasteiger partial charge is 0.252 e. The molecular formula is C22H27F2N3O3S2. The average Bonchev–Trinajstić information content (AvgIpc) is 3.34. The Morgan fingerprint density at radius 1 is 1.09 bits per heavy atom. The van der Waals surface area contributed by atoms with Crippen LogP contribution in [0, 0.1) is 17.6 Å². The van der Waals surface area contributed by atoms with E-state index in [9.17, 15) is 22.0 Å².